The molecule has 0 bridgehead atoms. The molecule has 4 nitrogen and oxygen atoms in total. The number of ketones is 1. The molecule has 0 fully saturated rings. The molecule has 0 aliphatic rings. The maximum absolute atomic E-state index is 12.7. The molecule has 1 unspecified atom stereocenters. The van der Waals surface area contributed by atoms with Crippen molar-refractivity contribution in [3.05, 3.63) is 16.7 Å². The molecule has 0 aliphatic heterocycles. The Bertz CT molecular complexity index is 647. The topological polar surface area (TPSA) is 77.8 Å². The largest absolute Gasteiger partial charge is 0.507 e. The molecule has 0 aromatic heterocycles. The minimum Gasteiger partial charge on any atom is -0.507 e. The van der Waals surface area contributed by atoms with E-state index < -0.39 is 0 Å². The normalized spacial score (nSPS) is 12.7. The fourth-order valence-electron chi connectivity index (χ4n) is 3.55. The van der Waals surface area contributed by atoms with Crippen molar-refractivity contribution in [3.63, 3.8) is 0 Å². The maximum atomic E-state index is 12.7. The second kappa shape index (κ2) is 11.3. The van der Waals surface area contributed by atoms with Crippen LogP contribution in [0, 0.1) is 17.8 Å². The lowest BCUT2D eigenvalue weighted by Gasteiger charge is -2.20. The number of unbranched alkanes of at least 4 members (excludes halogenated alkanes) is 1. The zero-order valence-corrected chi connectivity index (χ0v) is 18.6. The lowest BCUT2D eigenvalue weighted by molar-refractivity contribution is 0.0962. The van der Waals surface area contributed by atoms with Gasteiger partial charge in [-0.1, -0.05) is 60.8 Å². The Morgan fingerprint density at radius 3 is 1.79 bits per heavy atom. The van der Waals surface area contributed by atoms with Crippen LogP contribution in [-0.4, -0.2) is 21.1 Å². The third-order valence-electron chi connectivity index (χ3n) is 5.40. The van der Waals surface area contributed by atoms with Gasteiger partial charge in [0.15, 0.2) is 5.78 Å². The number of carbonyl (C=O) groups excluding carboxylic acids is 1. The molecule has 0 saturated heterocycles. The summed E-state index contributed by atoms with van der Waals surface area (Å²) in [5.41, 5.74) is 0.795. The average molecular weight is 393 g/mol. The SMILES string of the molecule is CCCCC(C)CCc1c(O)c(CCC(C)C)c(O)c(C(=O)CC(C)C)c1O. The molecular formula is C24H40O4. The highest BCUT2D eigenvalue weighted by Crippen LogP contribution is 2.44. The van der Waals surface area contributed by atoms with E-state index in [2.05, 4.69) is 27.7 Å². The van der Waals surface area contributed by atoms with E-state index >= 15 is 0 Å². The standard InChI is InChI=1S/C24H40O4/c1-7-8-9-17(6)11-13-19-22(26)18(12-10-15(2)3)23(27)21(24(19)28)20(25)14-16(4)5/h15-17,26-28H,7-14H2,1-6H3. The summed E-state index contributed by atoms with van der Waals surface area (Å²) in [7, 11) is 0. The number of phenols is 3. The van der Waals surface area contributed by atoms with Gasteiger partial charge >= 0.3 is 0 Å². The first-order chi connectivity index (χ1) is 13.1. The van der Waals surface area contributed by atoms with Crippen molar-refractivity contribution < 1.29 is 20.1 Å². The molecule has 3 N–H and O–H groups in total. The Hall–Kier alpha value is -1.71. The second-order valence-electron chi connectivity index (χ2n) is 9.12. The molecule has 4 heteroatoms. The summed E-state index contributed by atoms with van der Waals surface area (Å²) in [6.07, 6.45) is 6.26. The van der Waals surface area contributed by atoms with Gasteiger partial charge in [0.1, 0.15) is 22.8 Å². The lowest BCUT2D eigenvalue weighted by atomic mass is 9.88. The highest BCUT2D eigenvalue weighted by Gasteiger charge is 2.27. The summed E-state index contributed by atoms with van der Waals surface area (Å²) < 4.78 is 0. The second-order valence-corrected chi connectivity index (χ2v) is 9.12. The molecule has 0 aliphatic carbocycles. The monoisotopic (exact) mass is 392 g/mol. The number of phenolic OH excluding ortho intramolecular Hbond substituents is 3. The van der Waals surface area contributed by atoms with Crippen molar-refractivity contribution in [1.82, 2.24) is 0 Å². The average Bonchev–Trinajstić information content (AvgIpc) is 2.58. The Kier molecular flexibility index (Phi) is 9.84. The molecule has 0 heterocycles. The van der Waals surface area contributed by atoms with Crippen molar-refractivity contribution >= 4 is 5.78 Å². The maximum Gasteiger partial charge on any atom is 0.170 e. The third kappa shape index (κ3) is 6.72. The van der Waals surface area contributed by atoms with E-state index in [0.717, 1.165) is 32.1 Å². The summed E-state index contributed by atoms with van der Waals surface area (Å²) in [6, 6.07) is 0. The fraction of sp³-hybridized carbons (Fsp3) is 0.708. The van der Waals surface area contributed by atoms with Gasteiger partial charge in [0, 0.05) is 17.5 Å². The third-order valence-corrected chi connectivity index (χ3v) is 5.40. The highest BCUT2D eigenvalue weighted by atomic mass is 16.3. The van der Waals surface area contributed by atoms with Crippen LogP contribution < -0.4 is 0 Å². The Balaban J connectivity index is 3.31. The van der Waals surface area contributed by atoms with E-state index in [4.69, 9.17) is 0 Å². The van der Waals surface area contributed by atoms with E-state index in [9.17, 15) is 20.1 Å². The first-order valence-corrected chi connectivity index (χ1v) is 10.9. The first-order valence-electron chi connectivity index (χ1n) is 10.9. The van der Waals surface area contributed by atoms with Crippen LogP contribution in [0.5, 0.6) is 17.2 Å². The number of Topliss-reactive ketones (excluding diaryl/α,β-unsaturated/α-hetero) is 1. The van der Waals surface area contributed by atoms with Crippen molar-refractivity contribution in [2.75, 3.05) is 0 Å². The highest BCUT2D eigenvalue weighted by molar-refractivity contribution is 6.02. The number of carbonyl (C=O) groups is 1. The van der Waals surface area contributed by atoms with Crippen LogP contribution in [0.2, 0.25) is 0 Å². The molecule has 0 radical (unpaired) electrons. The molecule has 1 aromatic carbocycles. The van der Waals surface area contributed by atoms with Crippen LogP contribution in [0.4, 0.5) is 0 Å². The van der Waals surface area contributed by atoms with Gasteiger partial charge in [-0.3, -0.25) is 4.79 Å². The number of rotatable bonds is 12. The van der Waals surface area contributed by atoms with Gasteiger partial charge in [0.05, 0.1) is 0 Å². The van der Waals surface area contributed by atoms with Crippen molar-refractivity contribution in [2.24, 2.45) is 17.8 Å². The summed E-state index contributed by atoms with van der Waals surface area (Å²) in [4.78, 5) is 12.7. The first kappa shape index (κ1) is 24.3. The van der Waals surface area contributed by atoms with Gasteiger partial charge in [-0.15, -0.1) is 0 Å². The quantitative estimate of drug-likeness (QED) is 0.361. The van der Waals surface area contributed by atoms with Crippen LogP contribution in [0.15, 0.2) is 0 Å². The van der Waals surface area contributed by atoms with Gasteiger partial charge in [0.25, 0.3) is 0 Å². The number of hydrogen-bond acceptors (Lipinski definition) is 4. The van der Waals surface area contributed by atoms with E-state index in [1.165, 1.54) is 0 Å². The number of benzene rings is 1. The predicted molar refractivity (Wildman–Crippen MR) is 115 cm³/mol. The van der Waals surface area contributed by atoms with Crippen molar-refractivity contribution in [3.8, 4) is 17.2 Å². The molecule has 1 rings (SSSR count). The predicted octanol–water partition coefficient (Wildman–Crippen LogP) is 6.38. The number of aromatic hydroxyl groups is 3. The number of hydrogen-bond donors (Lipinski definition) is 3. The Morgan fingerprint density at radius 1 is 0.786 bits per heavy atom. The zero-order chi connectivity index (χ0) is 21.4. The molecular weight excluding hydrogens is 352 g/mol. The molecule has 0 amide bonds. The molecule has 0 spiro atoms. The van der Waals surface area contributed by atoms with Crippen molar-refractivity contribution in [1.29, 1.82) is 0 Å². The van der Waals surface area contributed by atoms with Gasteiger partial charge in [-0.2, -0.15) is 0 Å². The van der Waals surface area contributed by atoms with Gasteiger partial charge < -0.3 is 15.3 Å². The molecule has 1 aromatic rings. The lowest BCUT2D eigenvalue weighted by Crippen LogP contribution is -2.09. The minimum absolute atomic E-state index is 0.0125. The van der Waals surface area contributed by atoms with Crippen LogP contribution in [-0.2, 0) is 12.8 Å². The zero-order valence-electron chi connectivity index (χ0n) is 18.6. The van der Waals surface area contributed by atoms with Gasteiger partial charge in [0.2, 0.25) is 0 Å². The van der Waals surface area contributed by atoms with Gasteiger partial charge in [-0.05, 0) is 43.4 Å². The summed E-state index contributed by atoms with van der Waals surface area (Å²) >= 11 is 0. The van der Waals surface area contributed by atoms with Crippen LogP contribution in [0.25, 0.3) is 0 Å². The summed E-state index contributed by atoms with van der Waals surface area (Å²) in [6.45, 7) is 12.4. The van der Waals surface area contributed by atoms with E-state index in [0.29, 0.717) is 35.8 Å². The Labute approximate surface area is 171 Å². The molecule has 1 atom stereocenters. The van der Waals surface area contributed by atoms with E-state index in [1.54, 1.807) is 0 Å². The van der Waals surface area contributed by atoms with E-state index in [1.807, 2.05) is 13.8 Å². The minimum atomic E-state index is -0.268. The molecule has 28 heavy (non-hydrogen) atoms. The van der Waals surface area contributed by atoms with Crippen molar-refractivity contribution in [2.45, 2.75) is 92.9 Å². The molecule has 0 saturated carbocycles. The van der Waals surface area contributed by atoms with Gasteiger partial charge in [-0.25, -0.2) is 0 Å². The Morgan fingerprint density at radius 2 is 1.32 bits per heavy atom. The smallest absolute Gasteiger partial charge is 0.170 e. The summed E-state index contributed by atoms with van der Waals surface area (Å²) in [5.74, 6) is 0.203. The van der Waals surface area contributed by atoms with Crippen LogP contribution in [0.3, 0.4) is 0 Å². The summed E-state index contributed by atoms with van der Waals surface area (Å²) in [5, 5.41) is 32.3. The van der Waals surface area contributed by atoms with Crippen LogP contribution >= 0.6 is 0 Å². The van der Waals surface area contributed by atoms with E-state index in [-0.39, 0.29) is 40.9 Å². The molecule has 160 valence electrons. The fourth-order valence-corrected chi connectivity index (χ4v) is 3.55. The van der Waals surface area contributed by atoms with Crippen LogP contribution in [0.1, 0.15) is 102 Å².